The van der Waals surface area contributed by atoms with Crippen LogP contribution in [-0.4, -0.2) is 26.3 Å². The van der Waals surface area contributed by atoms with Crippen molar-refractivity contribution in [3.8, 4) is 11.5 Å². The van der Waals surface area contributed by atoms with Crippen LogP contribution in [0.15, 0.2) is 62.0 Å². The van der Waals surface area contributed by atoms with Gasteiger partial charge in [-0.05, 0) is 55.6 Å². The number of hydrogen-bond acceptors (Lipinski definition) is 6. The Morgan fingerprint density at radius 3 is 2.72 bits per heavy atom. The van der Waals surface area contributed by atoms with Gasteiger partial charge in [-0.15, -0.1) is 21.5 Å². The highest BCUT2D eigenvalue weighted by Gasteiger charge is 2.18. The van der Waals surface area contributed by atoms with Crippen LogP contribution in [0, 0.1) is 13.8 Å². The van der Waals surface area contributed by atoms with Gasteiger partial charge in [-0.1, -0.05) is 33.8 Å². The minimum absolute atomic E-state index is 0.0592. The summed E-state index contributed by atoms with van der Waals surface area (Å²) >= 11 is 6.39. The molecule has 0 amide bonds. The highest BCUT2D eigenvalue weighted by atomic mass is 79.9. The second-order valence-electron chi connectivity index (χ2n) is 6.54. The van der Waals surface area contributed by atoms with Crippen LogP contribution in [0.2, 0.25) is 0 Å². The number of benzene rings is 1. The zero-order valence-electron chi connectivity index (χ0n) is 15.9. The van der Waals surface area contributed by atoms with E-state index < -0.39 is 0 Å². The Kier molecular flexibility index (Phi) is 6.03. The maximum Gasteiger partial charge on any atom is 0.277 e. The lowest BCUT2D eigenvalue weighted by Gasteiger charge is -2.08. The number of halogens is 1. The molecule has 0 bridgehead atoms. The SMILES string of the molecule is Cc1cc(C(=O)CSc2nnc(-c3ccc(Br)cc3)o2)c(C)n1Cc1cccs1. The van der Waals surface area contributed by atoms with Gasteiger partial charge in [0.1, 0.15) is 0 Å². The molecule has 0 unspecified atom stereocenters. The number of thioether (sulfide) groups is 1. The van der Waals surface area contributed by atoms with E-state index in [1.54, 1.807) is 11.3 Å². The topological polar surface area (TPSA) is 60.9 Å². The maximum atomic E-state index is 12.8. The van der Waals surface area contributed by atoms with Gasteiger partial charge in [-0.3, -0.25) is 4.79 Å². The van der Waals surface area contributed by atoms with E-state index in [1.807, 2.05) is 50.2 Å². The number of ketones is 1. The molecule has 0 aliphatic carbocycles. The van der Waals surface area contributed by atoms with Crippen LogP contribution >= 0.6 is 39.0 Å². The monoisotopic (exact) mass is 487 g/mol. The number of aromatic nitrogens is 3. The van der Waals surface area contributed by atoms with Crippen LogP contribution in [0.3, 0.4) is 0 Å². The first-order valence-corrected chi connectivity index (χ1v) is 11.6. The maximum absolute atomic E-state index is 12.8. The summed E-state index contributed by atoms with van der Waals surface area (Å²) in [6.07, 6.45) is 0. The van der Waals surface area contributed by atoms with Gasteiger partial charge in [0, 0.05) is 31.9 Å². The van der Waals surface area contributed by atoms with Crippen molar-refractivity contribution < 1.29 is 9.21 Å². The van der Waals surface area contributed by atoms with Crippen molar-refractivity contribution in [1.82, 2.24) is 14.8 Å². The largest absolute Gasteiger partial charge is 0.411 e. The Morgan fingerprint density at radius 2 is 2.00 bits per heavy atom. The molecule has 1 aromatic carbocycles. The smallest absolute Gasteiger partial charge is 0.277 e. The number of thiophene rings is 1. The molecule has 3 aromatic heterocycles. The number of Topliss-reactive ketones (excluding diaryl/α,β-unsaturated/α-hetero) is 1. The molecule has 0 spiro atoms. The number of carbonyl (C=O) groups is 1. The lowest BCUT2D eigenvalue weighted by molar-refractivity contribution is 0.102. The van der Waals surface area contributed by atoms with Crippen molar-refractivity contribution in [2.75, 3.05) is 5.75 Å². The Hall–Kier alpha value is -2.16. The first-order valence-electron chi connectivity index (χ1n) is 8.96. The van der Waals surface area contributed by atoms with Crippen LogP contribution in [0.1, 0.15) is 26.6 Å². The fraction of sp³-hybridized carbons (Fsp3) is 0.190. The predicted octanol–water partition coefficient (Wildman–Crippen LogP) is 6.00. The Morgan fingerprint density at radius 1 is 1.21 bits per heavy atom. The Labute approximate surface area is 185 Å². The quantitative estimate of drug-likeness (QED) is 0.236. The van der Waals surface area contributed by atoms with Gasteiger partial charge < -0.3 is 8.98 Å². The van der Waals surface area contributed by atoms with Crippen molar-refractivity contribution in [3.05, 3.63) is 74.1 Å². The Balaban J connectivity index is 1.43. The lowest BCUT2D eigenvalue weighted by Crippen LogP contribution is -2.07. The molecular weight excluding hydrogens is 470 g/mol. The molecule has 5 nitrogen and oxygen atoms in total. The highest BCUT2D eigenvalue weighted by molar-refractivity contribution is 9.10. The molecule has 0 aliphatic rings. The average molecular weight is 488 g/mol. The van der Waals surface area contributed by atoms with Crippen LogP contribution in [0.25, 0.3) is 11.5 Å². The van der Waals surface area contributed by atoms with Gasteiger partial charge >= 0.3 is 0 Å². The van der Waals surface area contributed by atoms with Gasteiger partial charge in [-0.25, -0.2) is 0 Å². The summed E-state index contributed by atoms with van der Waals surface area (Å²) in [5.41, 5.74) is 3.66. The van der Waals surface area contributed by atoms with E-state index in [1.165, 1.54) is 16.6 Å². The molecule has 4 aromatic rings. The summed E-state index contributed by atoms with van der Waals surface area (Å²) in [4.78, 5) is 14.1. The zero-order valence-corrected chi connectivity index (χ0v) is 19.1. The number of carbonyl (C=O) groups excluding carboxylic acids is 1. The molecule has 0 N–H and O–H groups in total. The summed E-state index contributed by atoms with van der Waals surface area (Å²) < 4.78 is 8.86. The molecule has 0 radical (unpaired) electrons. The third-order valence-electron chi connectivity index (χ3n) is 4.59. The summed E-state index contributed by atoms with van der Waals surface area (Å²) in [6.45, 7) is 4.82. The molecule has 0 saturated heterocycles. The zero-order chi connectivity index (χ0) is 20.4. The molecule has 0 atom stereocenters. The van der Waals surface area contributed by atoms with Crippen molar-refractivity contribution in [2.24, 2.45) is 0 Å². The van der Waals surface area contributed by atoms with Crippen LogP contribution in [-0.2, 0) is 6.54 Å². The van der Waals surface area contributed by atoms with Crippen LogP contribution in [0.4, 0.5) is 0 Å². The van der Waals surface area contributed by atoms with Crippen molar-refractivity contribution in [2.45, 2.75) is 25.6 Å². The van der Waals surface area contributed by atoms with E-state index in [9.17, 15) is 4.79 Å². The minimum atomic E-state index is 0.0592. The van der Waals surface area contributed by atoms with Crippen LogP contribution < -0.4 is 0 Å². The second kappa shape index (κ2) is 8.69. The average Bonchev–Trinajstić information content (AvgIpc) is 3.45. The molecule has 8 heteroatoms. The molecule has 29 heavy (non-hydrogen) atoms. The van der Waals surface area contributed by atoms with Crippen molar-refractivity contribution in [3.63, 3.8) is 0 Å². The fourth-order valence-electron chi connectivity index (χ4n) is 3.07. The summed E-state index contributed by atoms with van der Waals surface area (Å²) in [6, 6.07) is 13.8. The standard InChI is InChI=1S/C21H18BrN3O2S2/c1-13-10-18(14(2)25(13)11-17-4-3-9-28-17)19(26)12-29-21-24-23-20(27-21)15-5-7-16(22)8-6-15/h3-10H,11-12H2,1-2H3. The second-order valence-corrected chi connectivity index (χ2v) is 9.42. The van der Waals surface area contributed by atoms with E-state index in [0.29, 0.717) is 11.1 Å². The fourth-order valence-corrected chi connectivity index (χ4v) is 4.67. The first-order chi connectivity index (χ1) is 14.0. The van der Waals surface area contributed by atoms with Crippen molar-refractivity contribution >= 4 is 44.8 Å². The van der Waals surface area contributed by atoms with E-state index in [0.717, 1.165) is 33.5 Å². The molecule has 0 fully saturated rings. The minimum Gasteiger partial charge on any atom is -0.411 e. The van der Waals surface area contributed by atoms with E-state index in [-0.39, 0.29) is 11.5 Å². The van der Waals surface area contributed by atoms with Gasteiger partial charge in [0.05, 0.1) is 12.3 Å². The molecule has 148 valence electrons. The van der Waals surface area contributed by atoms with Crippen molar-refractivity contribution in [1.29, 1.82) is 0 Å². The number of hydrogen-bond donors (Lipinski definition) is 0. The molecule has 0 saturated carbocycles. The van der Waals surface area contributed by atoms with E-state index in [4.69, 9.17) is 4.42 Å². The van der Waals surface area contributed by atoms with E-state index >= 15 is 0 Å². The van der Waals surface area contributed by atoms with E-state index in [2.05, 4.69) is 42.1 Å². The molecule has 3 heterocycles. The number of rotatable bonds is 7. The summed E-state index contributed by atoms with van der Waals surface area (Å²) in [7, 11) is 0. The first kappa shape index (κ1) is 20.1. The predicted molar refractivity (Wildman–Crippen MR) is 120 cm³/mol. The molecule has 4 rings (SSSR count). The van der Waals surface area contributed by atoms with Gasteiger partial charge in [0.25, 0.3) is 5.22 Å². The lowest BCUT2D eigenvalue weighted by atomic mass is 10.2. The van der Waals surface area contributed by atoms with Gasteiger partial charge in [0.2, 0.25) is 5.89 Å². The third-order valence-corrected chi connectivity index (χ3v) is 6.80. The van der Waals surface area contributed by atoms with Gasteiger partial charge in [0.15, 0.2) is 5.78 Å². The number of aryl methyl sites for hydroxylation is 1. The normalized spacial score (nSPS) is 11.1. The van der Waals surface area contributed by atoms with Gasteiger partial charge in [-0.2, -0.15) is 0 Å². The third kappa shape index (κ3) is 4.55. The van der Waals surface area contributed by atoms with Crippen LogP contribution in [0.5, 0.6) is 0 Å². The summed E-state index contributed by atoms with van der Waals surface area (Å²) in [5, 5.41) is 10.6. The number of nitrogens with zero attached hydrogens (tertiary/aromatic N) is 3. The molecular formula is C21H18BrN3O2S2. The summed E-state index contributed by atoms with van der Waals surface area (Å²) in [5.74, 6) is 0.760. The molecule has 0 aliphatic heterocycles. The Bertz CT molecular complexity index is 1130. The highest BCUT2D eigenvalue weighted by Crippen LogP contribution is 2.26.